The Balaban J connectivity index is 1.77. The molecule has 2 aromatic rings. The van der Waals surface area contributed by atoms with Gasteiger partial charge in [-0.05, 0) is 48.8 Å². The van der Waals surface area contributed by atoms with Crippen LogP contribution in [0.25, 0.3) is 0 Å². The third-order valence-corrected chi connectivity index (χ3v) is 4.23. The van der Waals surface area contributed by atoms with Crippen LogP contribution in [0.4, 0.5) is 5.69 Å². The molecule has 1 nitrogen and oxygen atoms in total. The van der Waals surface area contributed by atoms with Crippen molar-refractivity contribution in [1.82, 2.24) is 0 Å². The maximum absolute atomic E-state index is 3.78. The van der Waals surface area contributed by atoms with Crippen molar-refractivity contribution in [2.45, 2.75) is 38.6 Å². The number of rotatable bonds is 6. The number of nitrogens with one attached hydrogen (secondary N) is 1. The van der Waals surface area contributed by atoms with E-state index in [4.69, 9.17) is 0 Å². The van der Waals surface area contributed by atoms with Crippen LogP contribution in [0.3, 0.4) is 0 Å². The SMILES string of the molecule is CCC(Nc1ccccc1Cc1ccccc1)C1CC1. The summed E-state index contributed by atoms with van der Waals surface area (Å²) in [6, 6.07) is 20.1. The summed E-state index contributed by atoms with van der Waals surface area (Å²) in [6.07, 6.45) is 5.01. The largest absolute Gasteiger partial charge is 0.382 e. The molecule has 20 heavy (non-hydrogen) atoms. The van der Waals surface area contributed by atoms with E-state index in [0.29, 0.717) is 6.04 Å². The lowest BCUT2D eigenvalue weighted by Gasteiger charge is -2.20. The summed E-state index contributed by atoms with van der Waals surface area (Å²) in [5, 5.41) is 3.78. The second-order valence-electron chi connectivity index (χ2n) is 5.82. The first kappa shape index (κ1) is 13.2. The van der Waals surface area contributed by atoms with Crippen molar-refractivity contribution in [3.05, 3.63) is 65.7 Å². The minimum Gasteiger partial charge on any atom is -0.382 e. The molecule has 1 aliphatic carbocycles. The van der Waals surface area contributed by atoms with Crippen molar-refractivity contribution in [3.63, 3.8) is 0 Å². The quantitative estimate of drug-likeness (QED) is 0.785. The van der Waals surface area contributed by atoms with Crippen LogP contribution in [-0.2, 0) is 6.42 Å². The van der Waals surface area contributed by atoms with Gasteiger partial charge in [0.15, 0.2) is 0 Å². The van der Waals surface area contributed by atoms with Gasteiger partial charge in [0.2, 0.25) is 0 Å². The summed E-state index contributed by atoms with van der Waals surface area (Å²) in [5.41, 5.74) is 4.09. The molecule has 3 rings (SSSR count). The molecule has 2 aromatic carbocycles. The van der Waals surface area contributed by atoms with Crippen LogP contribution in [-0.4, -0.2) is 6.04 Å². The molecule has 104 valence electrons. The van der Waals surface area contributed by atoms with E-state index in [2.05, 4.69) is 66.8 Å². The zero-order valence-corrected chi connectivity index (χ0v) is 12.2. The summed E-state index contributed by atoms with van der Waals surface area (Å²) >= 11 is 0. The standard InChI is InChI=1S/C19H23N/c1-2-18(16-12-13-16)20-19-11-7-6-10-17(19)14-15-8-4-3-5-9-15/h3-11,16,18,20H,2,12-14H2,1H3. The van der Waals surface area contributed by atoms with Crippen molar-refractivity contribution in [2.75, 3.05) is 5.32 Å². The Morgan fingerprint density at radius 1 is 1.00 bits per heavy atom. The summed E-state index contributed by atoms with van der Waals surface area (Å²) < 4.78 is 0. The van der Waals surface area contributed by atoms with Gasteiger partial charge in [-0.2, -0.15) is 0 Å². The minimum atomic E-state index is 0.645. The average Bonchev–Trinajstić information content (AvgIpc) is 3.32. The molecule has 0 amide bonds. The number of benzene rings is 2. The molecule has 1 saturated carbocycles. The Hall–Kier alpha value is -1.76. The molecule has 0 aromatic heterocycles. The second-order valence-corrected chi connectivity index (χ2v) is 5.82. The van der Waals surface area contributed by atoms with Gasteiger partial charge in [0.1, 0.15) is 0 Å². The van der Waals surface area contributed by atoms with Gasteiger partial charge >= 0.3 is 0 Å². The Bertz CT molecular complexity index is 543. The van der Waals surface area contributed by atoms with E-state index in [9.17, 15) is 0 Å². The molecule has 1 aliphatic rings. The fourth-order valence-electron chi connectivity index (χ4n) is 2.88. The molecule has 1 atom stereocenters. The van der Waals surface area contributed by atoms with Crippen molar-refractivity contribution in [1.29, 1.82) is 0 Å². The van der Waals surface area contributed by atoms with Gasteiger partial charge in [-0.1, -0.05) is 55.5 Å². The van der Waals surface area contributed by atoms with Crippen LogP contribution in [0.5, 0.6) is 0 Å². The summed E-state index contributed by atoms with van der Waals surface area (Å²) in [4.78, 5) is 0. The highest BCUT2D eigenvalue weighted by atomic mass is 14.9. The zero-order chi connectivity index (χ0) is 13.8. The third-order valence-electron chi connectivity index (χ3n) is 4.23. The Kier molecular flexibility index (Phi) is 4.05. The molecular formula is C19H23N. The number of hydrogen-bond acceptors (Lipinski definition) is 1. The number of hydrogen-bond donors (Lipinski definition) is 1. The maximum atomic E-state index is 3.78. The smallest absolute Gasteiger partial charge is 0.0378 e. The van der Waals surface area contributed by atoms with E-state index >= 15 is 0 Å². The first-order valence-corrected chi connectivity index (χ1v) is 7.75. The molecular weight excluding hydrogens is 242 g/mol. The predicted molar refractivity (Wildman–Crippen MR) is 86.1 cm³/mol. The zero-order valence-electron chi connectivity index (χ0n) is 12.2. The van der Waals surface area contributed by atoms with E-state index in [1.807, 2.05) is 0 Å². The van der Waals surface area contributed by atoms with Crippen molar-refractivity contribution in [2.24, 2.45) is 5.92 Å². The molecule has 0 radical (unpaired) electrons. The highest BCUT2D eigenvalue weighted by Crippen LogP contribution is 2.36. The van der Waals surface area contributed by atoms with Crippen LogP contribution in [0.1, 0.15) is 37.3 Å². The molecule has 0 saturated heterocycles. The summed E-state index contributed by atoms with van der Waals surface area (Å²) in [5.74, 6) is 0.893. The number of para-hydroxylation sites is 1. The van der Waals surface area contributed by atoms with Gasteiger partial charge in [0.25, 0.3) is 0 Å². The van der Waals surface area contributed by atoms with Crippen LogP contribution >= 0.6 is 0 Å². The molecule has 1 fully saturated rings. The van der Waals surface area contributed by atoms with Gasteiger partial charge in [-0.25, -0.2) is 0 Å². The van der Waals surface area contributed by atoms with E-state index in [1.165, 1.54) is 36.1 Å². The van der Waals surface area contributed by atoms with Crippen molar-refractivity contribution in [3.8, 4) is 0 Å². The van der Waals surface area contributed by atoms with Crippen LogP contribution < -0.4 is 5.32 Å². The monoisotopic (exact) mass is 265 g/mol. The lowest BCUT2D eigenvalue weighted by Crippen LogP contribution is -2.21. The van der Waals surface area contributed by atoms with Crippen molar-refractivity contribution >= 4 is 5.69 Å². The molecule has 1 heteroatoms. The maximum Gasteiger partial charge on any atom is 0.0378 e. The lowest BCUT2D eigenvalue weighted by atomic mass is 10.0. The first-order valence-electron chi connectivity index (χ1n) is 7.75. The topological polar surface area (TPSA) is 12.0 Å². The van der Waals surface area contributed by atoms with E-state index in [-0.39, 0.29) is 0 Å². The fourth-order valence-corrected chi connectivity index (χ4v) is 2.88. The molecule has 0 aliphatic heterocycles. The number of anilines is 1. The third kappa shape index (κ3) is 3.22. The normalized spacial score (nSPS) is 15.8. The average molecular weight is 265 g/mol. The van der Waals surface area contributed by atoms with Gasteiger partial charge in [-0.15, -0.1) is 0 Å². The predicted octanol–water partition coefficient (Wildman–Crippen LogP) is 4.88. The Morgan fingerprint density at radius 2 is 1.70 bits per heavy atom. The molecule has 0 bridgehead atoms. The van der Waals surface area contributed by atoms with E-state index < -0.39 is 0 Å². The highest BCUT2D eigenvalue weighted by Gasteiger charge is 2.30. The van der Waals surface area contributed by atoms with Gasteiger partial charge in [0.05, 0.1) is 0 Å². The highest BCUT2D eigenvalue weighted by molar-refractivity contribution is 5.53. The van der Waals surface area contributed by atoms with Crippen LogP contribution in [0, 0.1) is 5.92 Å². The Labute approximate surface area is 122 Å². The first-order chi connectivity index (χ1) is 9.86. The van der Waals surface area contributed by atoms with Gasteiger partial charge < -0.3 is 5.32 Å². The molecule has 0 heterocycles. The Morgan fingerprint density at radius 3 is 2.40 bits per heavy atom. The summed E-state index contributed by atoms with van der Waals surface area (Å²) in [6.45, 7) is 2.29. The van der Waals surface area contributed by atoms with E-state index in [1.54, 1.807) is 0 Å². The second kappa shape index (κ2) is 6.13. The molecule has 0 spiro atoms. The van der Waals surface area contributed by atoms with Gasteiger partial charge in [-0.3, -0.25) is 0 Å². The van der Waals surface area contributed by atoms with E-state index in [0.717, 1.165) is 12.3 Å². The molecule has 1 N–H and O–H groups in total. The molecule has 1 unspecified atom stereocenters. The van der Waals surface area contributed by atoms with Gasteiger partial charge in [0, 0.05) is 11.7 Å². The van der Waals surface area contributed by atoms with Crippen LogP contribution in [0.2, 0.25) is 0 Å². The summed E-state index contributed by atoms with van der Waals surface area (Å²) in [7, 11) is 0. The fraction of sp³-hybridized carbons (Fsp3) is 0.368. The minimum absolute atomic E-state index is 0.645. The van der Waals surface area contributed by atoms with Crippen LogP contribution in [0.15, 0.2) is 54.6 Å². The lowest BCUT2D eigenvalue weighted by molar-refractivity contribution is 0.616. The van der Waals surface area contributed by atoms with Crippen molar-refractivity contribution < 1.29 is 0 Å².